The molecule has 152 valence electrons. The van der Waals surface area contributed by atoms with E-state index in [0.29, 0.717) is 17.4 Å². The third kappa shape index (κ3) is 3.41. The van der Waals surface area contributed by atoms with Crippen LogP contribution >= 0.6 is 0 Å². The standard InChI is InChI=1S/C23H32N2O3/c1-15(2)12-25-13-19-20(14-25)21(19)24-22(26)23(27,16-6-4-5-7-16)17-8-10-18(28-3)11-9-17/h8-12,16,19-21,27H,4-7,13-14H2,1-3H3,(H,24,26)/t19-,20+,21?,23?. The topological polar surface area (TPSA) is 61.8 Å². The van der Waals surface area contributed by atoms with Gasteiger partial charge in [0.2, 0.25) is 0 Å². The van der Waals surface area contributed by atoms with Gasteiger partial charge in [-0.1, -0.05) is 30.5 Å². The molecule has 0 radical (unpaired) electrons. The summed E-state index contributed by atoms with van der Waals surface area (Å²) in [6, 6.07) is 7.51. The lowest BCUT2D eigenvalue weighted by atomic mass is 9.79. The van der Waals surface area contributed by atoms with Crippen molar-refractivity contribution in [1.29, 1.82) is 0 Å². The van der Waals surface area contributed by atoms with Gasteiger partial charge in [-0.05, 0) is 50.6 Å². The molecule has 3 aliphatic rings. The zero-order chi connectivity index (χ0) is 19.9. The smallest absolute Gasteiger partial charge is 0.257 e. The van der Waals surface area contributed by atoms with E-state index in [-0.39, 0.29) is 17.9 Å². The van der Waals surface area contributed by atoms with Crippen LogP contribution in [-0.4, -0.2) is 42.2 Å². The maximum absolute atomic E-state index is 13.3. The minimum atomic E-state index is -1.46. The third-order valence-electron chi connectivity index (χ3n) is 6.78. The number of carbonyl (C=O) groups is 1. The van der Waals surface area contributed by atoms with Crippen LogP contribution in [0.2, 0.25) is 0 Å². The first-order valence-electron chi connectivity index (χ1n) is 10.5. The van der Waals surface area contributed by atoms with Crippen molar-refractivity contribution in [3.63, 3.8) is 0 Å². The molecular weight excluding hydrogens is 352 g/mol. The molecule has 5 heteroatoms. The molecule has 0 aromatic heterocycles. The van der Waals surface area contributed by atoms with Crippen molar-refractivity contribution < 1.29 is 14.6 Å². The van der Waals surface area contributed by atoms with Gasteiger partial charge in [0.05, 0.1) is 7.11 Å². The van der Waals surface area contributed by atoms with Crippen molar-refractivity contribution in [1.82, 2.24) is 10.2 Å². The normalized spacial score (nSPS) is 28.4. The predicted molar refractivity (Wildman–Crippen MR) is 109 cm³/mol. The molecule has 1 amide bonds. The minimum Gasteiger partial charge on any atom is -0.497 e. The predicted octanol–water partition coefficient (Wildman–Crippen LogP) is 3.04. The summed E-state index contributed by atoms with van der Waals surface area (Å²) in [7, 11) is 1.62. The van der Waals surface area contributed by atoms with E-state index in [1.165, 1.54) is 5.57 Å². The van der Waals surface area contributed by atoms with Gasteiger partial charge < -0.3 is 20.1 Å². The number of nitrogens with one attached hydrogen (secondary N) is 1. The Balaban J connectivity index is 1.48. The van der Waals surface area contributed by atoms with E-state index in [1.54, 1.807) is 7.11 Å². The Hall–Kier alpha value is -2.01. The Labute approximate surface area is 167 Å². The summed E-state index contributed by atoms with van der Waals surface area (Å²) in [5.41, 5.74) is 0.519. The number of hydrogen-bond acceptors (Lipinski definition) is 4. The number of nitrogens with zero attached hydrogens (tertiary/aromatic N) is 1. The summed E-state index contributed by atoms with van der Waals surface area (Å²) in [6.45, 7) is 6.20. The fourth-order valence-corrected chi connectivity index (χ4v) is 5.25. The number of amides is 1. The van der Waals surface area contributed by atoms with Gasteiger partial charge in [-0.3, -0.25) is 4.79 Å². The maximum atomic E-state index is 13.3. The van der Waals surface area contributed by atoms with Gasteiger partial charge in [0.1, 0.15) is 5.75 Å². The molecule has 1 aliphatic heterocycles. The minimum absolute atomic E-state index is 0.0262. The number of allylic oxidation sites excluding steroid dienone is 1. The van der Waals surface area contributed by atoms with Crippen molar-refractivity contribution in [2.45, 2.75) is 51.2 Å². The average Bonchev–Trinajstić information content (AvgIpc) is 3.10. The van der Waals surface area contributed by atoms with E-state index >= 15 is 0 Å². The summed E-state index contributed by atoms with van der Waals surface area (Å²) in [6.07, 6.45) is 6.13. The molecule has 3 fully saturated rings. The van der Waals surface area contributed by atoms with E-state index in [2.05, 4.69) is 30.3 Å². The lowest BCUT2D eigenvalue weighted by Gasteiger charge is -2.34. The SMILES string of the molecule is COc1ccc(C(O)(C(=O)NC2[C@H]3CN(C=C(C)C)C[C@@H]23)C2CCCC2)cc1. The lowest BCUT2D eigenvalue weighted by molar-refractivity contribution is -0.147. The Morgan fingerprint density at radius 2 is 1.79 bits per heavy atom. The van der Waals surface area contributed by atoms with Crippen LogP contribution in [0, 0.1) is 17.8 Å². The van der Waals surface area contributed by atoms with Crippen molar-refractivity contribution in [2.24, 2.45) is 17.8 Å². The zero-order valence-electron chi connectivity index (χ0n) is 17.1. The zero-order valence-corrected chi connectivity index (χ0v) is 17.1. The molecular formula is C23H32N2O3. The van der Waals surface area contributed by atoms with Gasteiger partial charge in [0.15, 0.2) is 5.60 Å². The number of aliphatic hydroxyl groups is 1. The largest absolute Gasteiger partial charge is 0.497 e. The Bertz CT molecular complexity index is 738. The molecule has 1 aromatic rings. The molecule has 5 nitrogen and oxygen atoms in total. The van der Waals surface area contributed by atoms with Crippen LogP contribution in [0.1, 0.15) is 45.1 Å². The average molecular weight is 385 g/mol. The molecule has 0 spiro atoms. The molecule has 4 atom stereocenters. The molecule has 0 bridgehead atoms. The second-order valence-corrected chi connectivity index (χ2v) is 8.96. The summed E-state index contributed by atoms with van der Waals surface area (Å²) in [5.74, 6) is 1.49. The molecule has 1 saturated heterocycles. The quantitative estimate of drug-likeness (QED) is 0.791. The highest BCUT2D eigenvalue weighted by molar-refractivity contribution is 5.87. The van der Waals surface area contributed by atoms with Crippen molar-refractivity contribution in [3.05, 3.63) is 41.6 Å². The second-order valence-electron chi connectivity index (χ2n) is 8.96. The van der Waals surface area contributed by atoms with Gasteiger partial charge >= 0.3 is 0 Å². The molecule has 4 rings (SSSR count). The Morgan fingerprint density at radius 3 is 2.32 bits per heavy atom. The number of rotatable bonds is 6. The fourth-order valence-electron chi connectivity index (χ4n) is 5.25. The number of likely N-dealkylation sites (tertiary alicyclic amines) is 1. The highest BCUT2D eigenvalue weighted by atomic mass is 16.5. The second kappa shape index (κ2) is 7.43. The van der Waals surface area contributed by atoms with Gasteiger partial charge in [0.25, 0.3) is 5.91 Å². The molecule has 2 saturated carbocycles. The number of piperidine rings is 1. The number of hydrogen-bond donors (Lipinski definition) is 2. The Kier molecular flexibility index (Phi) is 5.13. The van der Waals surface area contributed by atoms with Crippen LogP contribution in [0.15, 0.2) is 36.0 Å². The monoisotopic (exact) mass is 384 g/mol. The van der Waals surface area contributed by atoms with Crippen LogP contribution in [-0.2, 0) is 10.4 Å². The molecule has 28 heavy (non-hydrogen) atoms. The van der Waals surface area contributed by atoms with E-state index in [4.69, 9.17) is 4.74 Å². The van der Waals surface area contributed by atoms with E-state index < -0.39 is 5.60 Å². The molecule has 2 unspecified atom stereocenters. The van der Waals surface area contributed by atoms with Crippen LogP contribution in [0.25, 0.3) is 0 Å². The van der Waals surface area contributed by atoms with Crippen LogP contribution in [0.5, 0.6) is 5.75 Å². The number of methoxy groups -OCH3 is 1. The molecule has 1 aromatic carbocycles. The summed E-state index contributed by atoms with van der Waals surface area (Å²) in [5, 5.41) is 14.9. The molecule has 2 N–H and O–H groups in total. The van der Waals surface area contributed by atoms with Crippen molar-refractivity contribution in [2.75, 3.05) is 20.2 Å². The summed E-state index contributed by atoms with van der Waals surface area (Å²) < 4.78 is 5.24. The maximum Gasteiger partial charge on any atom is 0.257 e. The number of fused-ring (bicyclic) bond motifs is 1. The molecule has 2 aliphatic carbocycles. The third-order valence-corrected chi connectivity index (χ3v) is 6.78. The van der Waals surface area contributed by atoms with Crippen LogP contribution in [0.3, 0.4) is 0 Å². The lowest BCUT2D eigenvalue weighted by Crippen LogP contribution is -2.50. The van der Waals surface area contributed by atoms with Crippen LogP contribution < -0.4 is 10.1 Å². The summed E-state index contributed by atoms with van der Waals surface area (Å²) >= 11 is 0. The van der Waals surface area contributed by atoms with E-state index in [1.807, 2.05) is 24.3 Å². The van der Waals surface area contributed by atoms with E-state index in [0.717, 1.165) is 44.5 Å². The number of carbonyl (C=O) groups excluding carboxylic acids is 1. The van der Waals surface area contributed by atoms with Gasteiger partial charge in [-0.15, -0.1) is 0 Å². The highest BCUT2D eigenvalue weighted by Crippen LogP contribution is 2.47. The first kappa shape index (κ1) is 19.3. The van der Waals surface area contributed by atoms with Gasteiger partial charge in [0, 0.05) is 36.9 Å². The van der Waals surface area contributed by atoms with Crippen molar-refractivity contribution in [3.8, 4) is 5.75 Å². The number of benzene rings is 1. The molecule has 1 heterocycles. The van der Waals surface area contributed by atoms with Gasteiger partial charge in [-0.2, -0.15) is 0 Å². The van der Waals surface area contributed by atoms with E-state index in [9.17, 15) is 9.90 Å². The fraction of sp³-hybridized carbons (Fsp3) is 0.609. The van der Waals surface area contributed by atoms with Crippen molar-refractivity contribution >= 4 is 5.91 Å². The van der Waals surface area contributed by atoms with Crippen LogP contribution in [0.4, 0.5) is 0 Å². The Morgan fingerprint density at radius 1 is 1.18 bits per heavy atom. The summed E-state index contributed by atoms with van der Waals surface area (Å²) in [4.78, 5) is 15.7. The highest BCUT2D eigenvalue weighted by Gasteiger charge is 2.58. The van der Waals surface area contributed by atoms with Gasteiger partial charge in [-0.25, -0.2) is 0 Å². The first-order chi connectivity index (χ1) is 13.4. The first-order valence-corrected chi connectivity index (χ1v) is 10.5. The number of ether oxygens (including phenoxy) is 1.